The van der Waals surface area contributed by atoms with Crippen molar-refractivity contribution in [2.75, 3.05) is 36.8 Å². The third-order valence-corrected chi connectivity index (χ3v) is 7.42. The number of hydrogen-bond acceptors (Lipinski definition) is 4. The molecule has 0 unspecified atom stereocenters. The van der Waals surface area contributed by atoms with E-state index >= 15 is 0 Å². The largest absolute Gasteiger partial charge is 0.493 e. The van der Waals surface area contributed by atoms with Gasteiger partial charge in [0.1, 0.15) is 5.75 Å². The smallest absolute Gasteiger partial charge is 0.236 e. The summed E-state index contributed by atoms with van der Waals surface area (Å²) in [5.74, 6) is 2.14. The molecule has 0 radical (unpaired) electrons. The molecule has 2 aromatic carbocycles. The van der Waals surface area contributed by atoms with Crippen LogP contribution in [-0.4, -0.2) is 46.9 Å². The van der Waals surface area contributed by atoms with Crippen LogP contribution in [-0.2, 0) is 23.0 Å². The van der Waals surface area contributed by atoms with E-state index in [0.29, 0.717) is 25.0 Å². The highest BCUT2D eigenvalue weighted by molar-refractivity contribution is 14.0. The molecule has 0 spiro atoms. The highest BCUT2D eigenvalue weighted by Gasteiger charge is 2.28. The van der Waals surface area contributed by atoms with Gasteiger partial charge in [0, 0.05) is 32.2 Å². The van der Waals surface area contributed by atoms with Crippen molar-refractivity contribution < 1.29 is 13.2 Å². The van der Waals surface area contributed by atoms with Gasteiger partial charge in [-0.3, -0.25) is 9.30 Å². The number of ether oxygens (including phenoxy) is 1. The van der Waals surface area contributed by atoms with Crippen LogP contribution in [0.1, 0.15) is 24.0 Å². The Morgan fingerprint density at radius 1 is 1.12 bits per heavy atom. The Kier molecular flexibility index (Phi) is 8.64. The Balaban J connectivity index is 0.00000289. The van der Waals surface area contributed by atoms with Crippen molar-refractivity contribution in [1.82, 2.24) is 10.6 Å². The Morgan fingerprint density at radius 2 is 1.88 bits per heavy atom. The van der Waals surface area contributed by atoms with E-state index < -0.39 is 10.0 Å². The van der Waals surface area contributed by atoms with Gasteiger partial charge in [-0.1, -0.05) is 36.4 Å². The number of nitrogens with one attached hydrogen (secondary N) is 2. The van der Waals surface area contributed by atoms with Gasteiger partial charge in [-0.25, -0.2) is 8.42 Å². The van der Waals surface area contributed by atoms with Gasteiger partial charge in [0.05, 0.1) is 18.0 Å². The van der Waals surface area contributed by atoms with Gasteiger partial charge in [-0.05, 0) is 42.9 Å². The van der Waals surface area contributed by atoms with Gasteiger partial charge in [-0.15, -0.1) is 24.0 Å². The zero-order chi connectivity index (χ0) is 21.7. The molecule has 4 rings (SSSR count). The number of rotatable bonds is 9. The average Bonchev–Trinajstić information content (AvgIpc) is 3.50. The van der Waals surface area contributed by atoms with E-state index in [1.807, 2.05) is 48.5 Å². The van der Waals surface area contributed by atoms with E-state index in [1.54, 1.807) is 7.05 Å². The first-order valence-corrected chi connectivity index (χ1v) is 12.4. The number of nitrogens with zero attached hydrogens (tertiary/aromatic N) is 2. The third-order valence-electron chi connectivity index (χ3n) is 5.65. The minimum atomic E-state index is -3.39. The molecule has 1 fully saturated rings. The maximum absolute atomic E-state index is 12.8. The molecule has 0 atom stereocenters. The molecule has 9 heteroatoms. The molecule has 1 aliphatic carbocycles. The van der Waals surface area contributed by atoms with Crippen molar-refractivity contribution in [2.24, 2.45) is 10.9 Å². The fourth-order valence-electron chi connectivity index (χ4n) is 3.69. The molecule has 2 aliphatic rings. The van der Waals surface area contributed by atoms with Crippen LogP contribution >= 0.6 is 24.0 Å². The highest BCUT2D eigenvalue weighted by atomic mass is 127. The van der Waals surface area contributed by atoms with E-state index in [4.69, 9.17) is 4.74 Å². The molecule has 2 aromatic rings. The summed E-state index contributed by atoms with van der Waals surface area (Å²) in [5.41, 5.74) is 2.93. The topological polar surface area (TPSA) is 83.0 Å². The molecule has 2 N–H and O–H groups in total. The fourth-order valence-corrected chi connectivity index (χ4v) is 5.12. The Bertz CT molecular complexity index is 1040. The number of hydrogen-bond donors (Lipinski definition) is 2. The van der Waals surface area contributed by atoms with Crippen LogP contribution in [0.5, 0.6) is 5.75 Å². The molecule has 0 aromatic heterocycles. The zero-order valence-corrected chi connectivity index (χ0v) is 21.4. The number of fused-ring (bicyclic) bond motifs is 1. The van der Waals surface area contributed by atoms with Crippen LogP contribution in [0.2, 0.25) is 0 Å². The number of para-hydroxylation sites is 2. The number of benzene rings is 2. The molecule has 1 heterocycles. The van der Waals surface area contributed by atoms with Gasteiger partial charge >= 0.3 is 0 Å². The van der Waals surface area contributed by atoms with Crippen LogP contribution in [0.4, 0.5) is 5.69 Å². The van der Waals surface area contributed by atoms with Gasteiger partial charge in [0.2, 0.25) is 10.0 Å². The molecule has 0 amide bonds. The molecular formula is C23H31IN4O3S. The van der Waals surface area contributed by atoms with Crippen molar-refractivity contribution in [1.29, 1.82) is 0 Å². The van der Waals surface area contributed by atoms with Gasteiger partial charge < -0.3 is 15.4 Å². The molecule has 1 saturated carbocycles. The number of guanidine groups is 1. The fraction of sp³-hybridized carbons (Fsp3) is 0.435. The minimum absolute atomic E-state index is 0. The standard InChI is InChI=1S/C23H30N4O3S.HI/c1-24-23(26-16-20-7-3-5-9-22(20)30-17-18-10-11-18)25-13-15-31(28,29)27-14-12-19-6-2-4-8-21(19)27;/h2-9,18H,10-17H2,1H3,(H2,24,25,26);1H. The first-order chi connectivity index (χ1) is 15.1. The highest BCUT2D eigenvalue weighted by Crippen LogP contribution is 2.31. The summed E-state index contributed by atoms with van der Waals surface area (Å²) in [7, 11) is -1.72. The molecule has 0 bridgehead atoms. The normalized spacial score (nSPS) is 15.7. The summed E-state index contributed by atoms with van der Waals surface area (Å²) in [5, 5.41) is 6.37. The average molecular weight is 570 g/mol. The predicted octanol–water partition coefficient (Wildman–Crippen LogP) is 3.15. The van der Waals surface area contributed by atoms with Crippen molar-refractivity contribution in [3.05, 3.63) is 59.7 Å². The maximum atomic E-state index is 12.8. The van der Waals surface area contributed by atoms with Crippen molar-refractivity contribution in [3.63, 3.8) is 0 Å². The van der Waals surface area contributed by atoms with E-state index in [2.05, 4.69) is 15.6 Å². The van der Waals surface area contributed by atoms with Gasteiger partial charge in [-0.2, -0.15) is 0 Å². The summed E-state index contributed by atoms with van der Waals surface area (Å²) < 4.78 is 33.1. The number of halogens is 1. The summed E-state index contributed by atoms with van der Waals surface area (Å²) in [6, 6.07) is 15.6. The quantitative estimate of drug-likeness (QED) is 0.275. The summed E-state index contributed by atoms with van der Waals surface area (Å²) in [6.45, 7) is 2.10. The molecule has 0 saturated heterocycles. The maximum Gasteiger partial charge on any atom is 0.236 e. The van der Waals surface area contributed by atoms with Crippen LogP contribution in [0.25, 0.3) is 0 Å². The van der Waals surface area contributed by atoms with Crippen LogP contribution in [0.15, 0.2) is 53.5 Å². The monoisotopic (exact) mass is 570 g/mol. The Hall–Kier alpha value is -2.01. The van der Waals surface area contributed by atoms with E-state index in [1.165, 1.54) is 17.1 Å². The first-order valence-electron chi connectivity index (χ1n) is 10.8. The zero-order valence-electron chi connectivity index (χ0n) is 18.3. The van der Waals surface area contributed by atoms with Crippen molar-refractivity contribution in [3.8, 4) is 5.75 Å². The first kappa shape index (κ1) is 24.6. The van der Waals surface area contributed by atoms with E-state index in [-0.39, 0.29) is 36.3 Å². The molecular weight excluding hydrogens is 539 g/mol. The second kappa shape index (κ2) is 11.2. The van der Waals surface area contributed by atoms with Crippen LogP contribution in [0, 0.1) is 5.92 Å². The van der Waals surface area contributed by atoms with Crippen molar-refractivity contribution in [2.45, 2.75) is 25.8 Å². The molecule has 7 nitrogen and oxygen atoms in total. The van der Waals surface area contributed by atoms with Gasteiger partial charge in [0.15, 0.2) is 5.96 Å². The lowest BCUT2D eigenvalue weighted by Gasteiger charge is -2.20. The lowest BCUT2D eigenvalue weighted by molar-refractivity contribution is 0.296. The molecule has 1 aliphatic heterocycles. The predicted molar refractivity (Wildman–Crippen MR) is 140 cm³/mol. The second-order valence-electron chi connectivity index (χ2n) is 7.98. The van der Waals surface area contributed by atoms with Crippen molar-refractivity contribution >= 4 is 45.6 Å². The van der Waals surface area contributed by atoms with Crippen LogP contribution < -0.4 is 19.7 Å². The molecule has 32 heavy (non-hydrogen) atoms. The lowest BCUT2D eigenvalue weighted by atomic mass is 10.2. The Morgan fingerprint density at radius 3 is 2.66 bits per heavy atom. The number of aliphatic imine (C=N–C) groups is 1. The SMILES string of the molecule is CN=C(NCCS(=O)(=O)N1CCc2ccccc21)NCc1ccccc1OCC1CC1.I. The van der Waals surface area contributed by atoms with E-state index in [0.717, 1.165) is 35.6 Å². The van der Waals surface area contributed by atoms with E-state index in [9.17, 15) is 8.42 Å². The second-order valence-corrected chi connectivity index (χ2v) is 9.99. The number of anilines is 1. The number of sulfonamides is 1. The third kappa shape index (κ3) is 6.28. The summed E-state index contributed by atoms with van der Waals surface area (Å²) in [4.78, 5) is 4.22. The minimum Gasteiger partial charge on any atom is -0.493 e. The Labute approximate surface area is 207 Å². The summed E-state index contributed by atoms with van der Waals surface area (Å²) in [6.07, 6.45) is 3.26. The summed E-state index contributed by atoms with van der Waals surface area (Å²) >= 11 is 0. The molecule has 174 valence electrons. The van der Waals surface area contributed by atoms with Gasteiger partial charge in [0.25, 0.3) is 0 Å². The van der Waals surface area contributed by atoms with Crippen LogP contribution in [0.3, 0.4) is 0 Å². The lowest BCUT2D eigenvalue weighted by Crippen LogP contribution is -2.41.